The topological polar surface area (TPSA) is 48.1 Å². The van der Waals surface area contributed by atoms with Gasteiger partial charge >= 0.3 is 6.03 Å². The Morgan fingerprint density at radius 2 is 1.94 bits per heavy atom. The van der Waals surface area contributed by atoms with E-state index in [4.69, 9.17) is 11.6 Å². The second-order valence-corrected chi connectivity index (χ2v) is 9.26. The van der Waals surface area contributed by atoms with E-state index in [2.05, 4.69) is 57.4 Å². The van der Waals surface area contributed by atoms with Crippen molar-refractivity contribution >= 4 is 50.2 Å². The Hall–Kier alpha value is -2.76. The van der Waals surface area contributed by atoms with Gasteiger partial charge in [0.2, 0.25) is 0 Å². The van der Waals surface area contributed by atoms with Crippen LogP contribution in [0.25, 0.3) is 10.9 Å². The van der Waals surface area contributed by atoms with Crippen molar-refractivity contribution in [3.05, 3.63) is 98.6 Å². The number of urea groups is 1. The van der Waals surface area contributed by atoms with Gasteiger partial charge in [-0.1, -0.05) is 63.4 Å². The maximum absolute atomic E-state index is 13.4. The standard InChI is InChI=1S/C25H21BrClN3O/c1-15-5-7-16(8-6-15)24-23-20(21-14-18(27)9-10-22(21)29-23)11-12-30(24)25(31)28-19-4-2-3-17(26)13-19/h2-10,13-14,24,29H,11-12H2,1H3,(H,28,31). The van der Waals surface area contributed by atoms with Crippen LogP contribution in [0.2, 0.25) is 5.02 Å². The smallest absolute Gasteiger partial charge is 0.322 e. The van der Waals surface area contributed by atoms with E-state index in [0.717, 1.165) is 43.8 Å². The zero-order chi connectivity index (χ0) is 21.5. The van der Waals surface area contributed by atoms with Gasteiger partial charge in [0, 0.05) is 38.3 Å². The third-order valence-electron chi connectivity index (χ3n) is 5.82. The third kappa shape index (κ3) is 3.84. The van der Waals surface area contributed by atoms with Crippen molar-refractivity contribution in [1.29, 1.82) is 0 Å². The fourth-order valence-corrected chi connectivity index (χ4v) is 4.91. The van der Waals surface area contributed by atoms with E-state index in [1.54, 1.807) is 0 Å². The van der Waals surface area contributed by atoms with Crippen LogP contribution in [0.3, 0.4) is 0 Å². The summed E-state index contributed by atoms with van der Waals surface area (Å²) in [5.41, 5.74) is 6.35. The number of aromatic nitrogens is 1. The SMILES string of the molecule is Cc1ccc(C2c3[nH]c4ccc(Cl)cc4c3CCN2C(=O)Nc2cccc(Br)c2)cc1. The number of hydrogen-bond acceptors (Lipinski definition) is 1. The van der Waals surface area contributed by atoms with Gasteiger partial charge in [-0.15, -0.1) is 0 Å². The van der Waals surface area contributed by atoms with Gasteiger partial charge in [-0.25, -0.2) is 4.79 Å². The maximum atomic E-state index is 13.4. The molecule has 2 amide bonds. The molecule has 6 heteroatoms. The van der Waals surface area contributed by atoms with Gasteiger partial charge in [-0.05, 0) is 60.9 Å². The van der Waals surface area contributed by atoms with Crippen LogP contribution >= 0.6 is 27.5 Å². The number of fused-ring (bicyclic) bond motifs is 3. The highest BCUT2D eigenvalue weighted by Crippen LogP contribution is 2.39. The summed E-state index contributed by atoms with van der Waals surface area (Å²) in [7, 11) is 0. The molecule has 3 aromatic carbocycles. The van der Waals surface area contributed by atoms with Crippen molar-refractivity contribution < 1.29 is 4.79 Å². The lowest BCUT2D eigenvalue weighted by atomic mass is 9.92. The van der Waals surface area contributed by atoms with Gasteiger partial charge < -0.3 is 15.2 Å². The number of carbonyl (C=O) groups is 1. The van der Waals surface area contributed by atoms with Crippen LogP contribution in [0.1, 0.15) is 28.4 Å². The molecule has 4 aromatic rings. The molecule has 0 spiro atoms. The van der Waals surface area contributed by atoms with E-state index in [-0.39, 0.29) is 12.1 Å². The normalized spacial score (nSPS) is 15.7. The Bertz CT molecular complexity index is 1280. The number of carbonyl (C=O) groups excluding carboxylic acids is 1. The number of hydrogen-bond donors (Lipinski definition) is 2. The van der Waals surface area contributed by atoms with Crippen LogP contribution in [0.4, 0.5) is 10.5 Å². The second kappa shape index (κ2) is 8.06. The van der Waals surface area contributed by atoms with Crippen LogP contribution in [0, 0.1) is 6.92 Å². The molecule has 1 atom stereocenters. The highest BCUT2D eigenvalue weighted by atomic mass is 79.9. The van der Waals surface area contributed by atoms with Crippen LogP contribution in [0.5, 0.6) is 0 Å². The largest absolute Gasteiger partial charge is 0.356 e. The molecular formula is C25H21BrClN3O. The van der Waals surface area contributed by atoms with Gasteiger partial charge in [-0.3, -0.25) is 0 Å². The highest BCUT2D eigenvalue weighted by Gasteiger charge is 2.34. The van der Waals surface area contributed by atoms with Crippen molar-refractivity contribution in [2.24, 2.45) is 0 Å². The summed E-state index contributed by atoms with van der Waals surface area (Å²) in [6, 6.07) is 21.6. The molecule has 156 valence electrons. The summed E-state index contributed by atoms with van der Waals surface area (Å²) in [6.45, 7) is 2.68. The Morgan fingerprint density at radius 1 is 1.13 bits per heavy atom. The lowest BCUT2D eigenvalue weighted by molar-refractivity contribution is 0.193. The number of nitrogens with zero attached hydrogens (tertiary/aromatic N) is 1. The first kappa shape index (κ1) is 20.2. The molecular weight excluding hydrogens is 474 g/mol. The summed E-state index contributed by atoms with van der Waals surface area (Å²) < 4.78 is 0.925. The molecule has 1 aliphatic heterocycles. The molecule has 0 bridgehead atoms. The van der Waals surface area contributed by atoms with Crippen molar-refractivity contribution in [2.75, 3.05) is 11.9 Å². The number of anilines is 1. The quantitative estimate of drug-likeness (QED) is 0.307. The van der Waals surface area contributed by atoms with E-state index in [1.807, 2.05) is 47.4 Å². The summed E-state index contributed by atoms with van der Waals surface area (Å²) in [6.07, 6.45) is 0.768. The maximum Gasteiger partial charge on any atom is 0.322 e. The highest BCUT2D eigenvalue weighted by molar-refractivity contribution is 9.10. The molecule has 0 saturated carbocycles. The number of benzene rings is 3. The van der Waals surface area contributed by atoms with E-state index < -0.39 is 0 Å². The molecule has 1 aliphatic rings. The average Bonchev–Trinajstić information content (AvgIpc) is 3.11. The summed E-state index contributed by atoms with van der Waals surface area (Å²) in [5.74, 6) is 0. The van der Waals surface area contributed by atoms with Crippen molar-refractivity contribution in [3.63, 3.8) is 0 Å². The fraction of sp³-hybridized carbons (Fsp3) is 0.160. The fourth-order valence-electron chi connectivity index (χ4n) is 4.34. The second-order valence-electron chi connectivity index (χ2n) is 7.90. The molecule has 0 aliphatic carbocycles. The van der Waals surface area contributed by atoms with Gasteiger partial charge in [0.05, 0.1) is 6.04 Å². The third-order valence-corrected chi connectivity index (χ3v) is 6.55. The number of aryl methyl sites for hydroxylation is 1. The molecule has 2 N–H and O–H groups in total. The molecule has 0 saturated heterocycles. The lowest BCUT2D eigenvalue weighted by Gasteiger charge is -2.36. The zero-order valence-corrected chi connectivity index (χ0v) is 19.3. The molecule has 1 aromatic heterocycles. The predicted octanol–water partition coefficient (Wildman–Crippen LogP) is 7.07. The number of rotatable bonds is 2. The number of nitrogens with one attached hydrogen (secondary N) is 2. The molecule has 4 nitrogen and oxygen atoms in total. The van der Waals surface area contributed by atoms with Crippen molar-refractivity contribution in [1.82, 2.24) is 9.88 Å². The monoisotopic (exact) mass is 493 g/mol. The Labute approximate surface area is 194 Å². The minimum Gasteiger partial charge on any atom is -0.356 e. The van der Waals surface area contributed by atoms with Gasteiger partial charge in [0.15, 0.2) is 0 Å². The van der Waals surface area contributed by atoms with Gasteiger partial charge in [0.25, 0.3) is 0 Å². The number of amides is 2. The predicted molar refractivity (Wildman–Crippen MR) is 130 cm³/mol. The van der Waals surface area contributed by atoms with E-state index >= 15 is 0 Å². The molecule has 0 fully saturated rings. The van der Waals surface area contributed by atoms with Crippen molar-refractivity contribution in [3.8, 4) is 0 Å². The van der Waals surface area contributed by atoms with Gasteiger partial charge in [0.1, 0.15) is 0 Å². The van der Waals surface area contributed by atoms with Crippen LogP contribution in [-0.4, -0.2) is 22.5 Å². The molecule has 0 radical (unpaired) electrons. The summed E-state index contributed by atoms with van der Waals surface area (Å²) in [5, 5.41) is 4.91. The van der Waals surface area contributed by atoms with E-state index in [0.29, 0.717) is 6.54 Å². The average molecular weight is 495 g/mol. The molecule has 31 heavy (non-hydrogen) atoms. The summed E-state index contributed by atoms with van der Waals surface area (Å²) in [4.78, 5) is 18.9. The minimum atomic E-state index is -0.206. The Kier molecular flexibility index (Phi) is 5.24. The molecule has 5 rings (SSSR count). The number of H-pyrrole nitrogens is 1. The Morgan fingerprint density at radius 3 is 2.71 bits per heavy atom. The molecule has 2 heterocycles. The van der Waals surface area contributed by atoms with E-state index in [1.165, 1.54) is 11.1 Å². The first-order valence-electron chi connectivity index (χ1n) is 10.2. The van der Waals surface area contributed by atoms with Crippen LogP contribution < -0.4 is 5.32 Å². The minimum absolute atomic E-state index is 0.119. The zero-order valence-electron chi connectivity index (χ0n) is 17.0. The molecule has 1 unspecified atom stereocenters. The first-order chi connectivity index (χ1) is 15.0. The van der Waals surface area contributed by atoms with E-state index in [9.17, 15) is 4.79 Å². The Balaban J connectivity index is 1.59. The van der Waals surface area contributed by atoms with Crippen LogP contribution in [-0.2, 0) is 6.42 Å². The number of halogens is 2. The lowest BCUT2D eigenvalue weighted by Crippen LogP contribution is -2.43. The van der Waals surface area contributed by atoms with Crippen LogP contribution in [0.15, 0.2) is 71.2 Å². The summed E-state index contributed by atoms with van der Waals surface area (Å²) >= 11 is 9.75. The first-order valence-corrected chi connectivity index (χ1v) is 11.4. The number of aromatic amines is 1. The van der Waals surface area contributed by atoms with Crippen molar-refractivity contribution in [2.45, 2.75) is 19.4 Å². The van der Waals surface area contributed by atoms with Gasteiger partial charge in [-0.2, -0.15) is 0 Å².